The summed E-state index contributed by atoms with van der Waals surface area (Å²) in [5.41, 5.74) is 0.673. The van der Waals surface area contributed by atoms with Crippen LogP contribution in [-0.2, 0) is 17.8 Å². The Morgan fingerprint density at radius 1 is 1.38 bits per heavy atom. The number of carbonyl (C=O) groups is 1. The third-order valence-electron chi connectivity index (χ3n) is 3.91. The Morgan fingerprint density at radius 2 is 2.17 bits per heavy atom. The van der Waals surface area contributed by atoms with Crippen molar-refractivity contribution >= 4 is 16.7 Å². The van der Waals surface area contributed by atoms with Gasteiger partial charge in [0.15, 0.2) is 0 Å². The van der Waals surface area contributed by atoms with E-state index in [0.29, 0.717) is 18.1 Å². The van der Waals surface area contributed by atoms with Gasteiger partial charge >= 0.3 is 0 Å². The molecule has 1 fully saturated rings. The van der Waals surface area contributed by atoms with Crippen LogP contribution in [0.3, 0.4) is 0 Å². The summed E-state index contributed by atoms with van der Waals surface area (Å²) in [5, 5.41) is 4.10. The lowest BCUT2D eigenvalue weighted by Gasteiger charge is -2.34. The van der Waals surface area contributed by atoms with E-state index in [4.69, 9.17) is 0 Å². The van der Waals surface area contributed by atoms with E-state index in [2.05, 4.69) is 10.1 Å². The summed E-state index contributed by atoms with van der Waals surface area (Å²) in [6.07, 6.45) is 1.92. The first kappa shape index (κ1) is 16.7. The molecule has 0 radical (unpaired) electrons. The van der Waals surface area contributed by atoms with E-state index >= 15 is 0 Å². The first-order valence-electron chi connectivity index (χ1n) is 7.34. The second-order valence-electron chi connectivity index (χ2n) is 5.54. The van der Waals surface area contributed by atoms with Crippen LogP contribution in [0.2, 0.25) is 0 Å². The van der Waals surface area contributed by atoms with E-state index in [-0.39, 0.29) is 23.2 Å². The lowest BCUT2D eigenvalue weighted by molar-refractivity contribution is 0.0698. The fourth-order valence-corrected chi connectivity index (χ4v) is 3.96. The molecule has 3 heterocycles. The van der Waals surface area contributed by atoms with Crippen LogP contribution < -0.4 is 0 Å². The van der Waals surface area contributed by atoms with E-state index in [1.54, 1.807) is 29.0 Å². The zero-order chi connectivity index (χ0) is 17.3. The van der Waals surface area contributed by atoms with Crippen molar-refractivity contribution in [2.75, 3.05) is 18.1 Å². The Labute approximate surface area is 139 Å². The topological polar surface area (TPSA) is 68.1 Å². The molecule has 1 saturated heterocycles. The molecule has 0 saturated carbocycles. The normalized spacial score (nSPS) is 21.2. The predicted molar refractivity (Wildman–Crippen MR) is 84.1 cm³/mol. The van der Waals surface area contributed by atoms with Crippen molar-refractivity contribution < 1.29 is 17.8 Å². The number of hydrogen-bond donors (Lipinski definition) is 0. The van der Waals surface area contributed by atoms with Crippen LogP contribution in [0.5, 0.6) is 0 Å². The third kappa shape index (κ3) is 3.35. The summed E-state index contributed by atoms with van der Waals surface area (Å²) < 4.78 is 38.7. The number of nitrogens with zero attached hydrogens (tertiary/aromatic N) is 4. The molecule has 2 atom stereocenters. The Hall–Kier alpha value is -2.16. The van der Waals surface area contributed by atoms with Crippen LogP contribution in [0.25, 0.3) is 0 Å². The van der Waals surface area contributed by atoms with Crippen molar-refractivity contribution in [1.82, 2.24) is 19.7 Å². The number of aryl methyl sites for hydroxylation is 1. The number of aromatic nitrogens is 3. The van der Waals surface area contributed by atoms with Gasteiger partial charge in [-0.25, -0.2) is 8.78 Å². The Morgan fingerprint density at radius 3 is 2.75 bits per heavy atom. The lowest BCUT2D eigenvalue weighted by Crippen LogP contribution is -2.44. The van der Waals surface area contributed by atoms with Crippen molar-refractivity contribution in [3.8, 4) is 0 Å². The smallest absolute Gasteiger partial charge is 0.280 e. The highest BCUT2D eigenvalue weighted by atomic mass is 32.2. The van der Waals surface area contributed by atoms with Crippen LogP contribution in [-0.4, -0.2) is 47.8 Å². The Bertz CT molecular complexity index is 763. The van der Waals surface area contributed by atoms with Gasteiger partial charge in [-0.15, -0.1) is 0 Å². The van der Waals surface area contributed by atoms with E-state index in [0.717, 1.165) is 17.8 Å². The van der Waals surface area contributed by atoms with Gasteiger partial charge in [-0.1, -0.05) is 0 Å². The summed E-state index contributed by atoms with van der Waals surface area (Å²) in [7, 11) is 0.756. The van der Waals surface area contributed by atoms with Crippen molar-refractivity contribution in [3.05, 3.63) is 47.5 Å². The lowest BCUT2D eigenvalue weighted by atomic mass is 10.1. The number of pyridine rings is 1. The largest absolute Gasteiger partial charge is 0.330 e. The van der Waals surface area contributed by atoms with Crippen LogP contribution in [0.4, 0.5) is 8.78 Å². The molecule has 128 valence electrons. The molecule has 1 aliphatic heterocycles. The fourth-order valence-electron chi connectivity index (χ4n) is 2.66. The Kier molecular flexibility index (Phi) is 4.70. The van der Waals surface area contributed by atoms with Gasteiger partial charge in [0.05, 0.1) is 17.8 Å². The number of amides is 1. The summed E-state index contributed by atoms with van der Waals surface area (Å²) >= 11 is 0. The molecule has 2 unspecified atom stereocenters. The molecule has 1 amide bonds. The fraction of sp³-hybridized carbons (Fsp3) is 0.400. The quantitative estimate of drug-likeness (QED) is 0.841. The molecule has 9 heteroatoms. The summed E-state index contributed by atoms with van der Waals surface area (Å²) in [6, 6.07) is 2.15. The van der Waals surface area contributed by atoms with Gasteiger partial charge < -0.3 is 4.90 Å². The van der Waals surface area contributed by atoms with Crippen LogP contribution >= 0.6 is 0 Å². The number of hydrogen-bond acceptors (Lipinski definition) is 4. The Balaban J connectivity index is 1.87. The SMILES string of the molecule is Cn1cc(C2CS(=O)CCN2C(=O)c2ccc(C(F)F)nc2)cn1. The summed E-state index contributed by atoms with van der Waals surface area (Å²) in [5.74, 6) is 0.416. The standard InChI is InChI=1S/C15H16F2N4O2S/c1-20-8-11(7-19-20)13-9-24(23)5-4-21(13)15(22)10-2-3-12(14(16)17)18-6-10/h2-3,6-8,13-14H,4-5,9H2,1H3. The van der Waals surface area contributed by atoms with E-state index in [1.807, 2.05) is 0 Å². The molecule has 0 aromatic carbocycles. The van der Waals surface area contributed by atoms with Gasteiger partial charge in [0, 0.05) is 53.9 Å². The zero-order valence-electron chi connectivity index (χ0n) is 12.9. The average molecular weight is 354 g/mol. The average Bonchev–Trinajstić information content (AvgIpc) is 3.00. The van der Waals surface area contributed by atoms with Gasteiger partial charge in [-0.05, 0) is 12.1 Å². The van der Waals surface area contributed by atoms with Crippen molar-refractivity contribution in [2.45, 2.75) is 12.5 Å². The second-order valence-corrected chi connectivity index (χ2v) is 7.17. The maximum atomic E-state index is 12.8. The molecule has 0 spiro atoms. The zero-order valence-corrected chi connectivity index (χ0v) is 13.7. The highest BCUT2D eigenvalue weighted by molar-refractivity contribution is 7.85. The minimum atomic E-state index is -2.67. The highest BCUT2D eigenvalue weighted by Crippen LogP contribution is 2.27. The second kappa shape index (κ2) is 6.76. The first-order valence-corrected chi connectivity index (χ1v) is 8.83. The van der Waals surface area contributed by atoms with Crippen LogP contribution in [0.1, 0.15) is 34.1 Å². The maximum absolute atomic E-state index is 12.8. The number of halogens is 2. The predicted octanol–water partition coefficient (Wildman–Crippen LogP) is 1.70. The molecule has 1 aliphatic rings. The molecule has 2 aromatic heterocycles. The van der Waals surface area contributed by atoms with E-state index in [9.17, 15) is 17.8 Å². The third-order valence-corrected chi connectivity index (χ3v) is 5.23. The molecular formula is C15H16F2N4O2S. The molecule has 2 aromatic rings. The molecule has 0 bridgehead atoms. The number of carbonyl (C=O) groups excluding carboxylic acids is 1. The van der Waals surface area contributed by atoms with Crippen molar-refractivity contribution in [3.63, 3.8) is 0 Å². The van der Waals surface area contributed by atoms with Crippen LogP contribution in [0, 0.1) is 0 Å². The minimum absolute atomic E-state index is 0.237. The maximum Gasteiger partial charge on any atom is 0.280 e. The molecule has 0 aliphatic carbocycles. The van der Waals surface area contributed by atoms with Crippen molar-refractivity contribution in [1.29, 1.82) is 0 Å². The molecule has 3 rings (SSSR count). The minimum Gasteiger partial charge on any atom is -0.330 e. The summed E-state index contributed by atoms with van der Waals surface area (Å²) in [4.78, 5) is 18.0. The monoisotopic (exact) mass is 354 g/mol. The van der Waals surface area contributed by atoms with Crippen LogP contribution in [0.15, 0.2) is 30.7 Å². The highest BCUT2D eigenvalue weighted by Gasteiger charge is 2.32. The number of alkyl halides is 2. The van der Waals surface area contributed by atoms with Gasteiger partial charge in [0.1, 0.15) is 5.69 Å². The van der Waals surface area contributed by atoms with E-state index < -0.39 is 17.2 Å². The molecule has 24 heavy (non-hydrogen) atoms. The van der Waals surface area contributed by atoms with Crippen molar-refractivity contribution in [2.24, 2.45) is 7.05 Å². The number of rotatable bonds is 3. The molecule has 0 N–H and O–H groups in total. The van der Waals surface area contributed by atoms with Gasteiger partial charge in [0.2, 0.25) is 0 Å². The van der Waals surface area contributed by atoms with Gasteiger partial charge in [-0.2, -0.15) is 5.10 Å². The van der Waals surface area contributed by atoms with Gasteiger partial charge in [-0.3, -0.25) is 18.7 Å². The summed E-state index contributed by atoms with van der Waals surface area (Å²) in [6.45, 7) is 0.335. The van der Waals surface area contributed by atoms with E-state index in [1.165, 1.54) is 6.07 Å². The van der Waals surface area contributed by atoms with Gasteiger partial charge in [0.25, 0.3) is 12.3 Å². The molecular weight excluding hydrogens is 338 g/mol. The molecule has 6 nitrogen and oxygen atoms in total. The first-order chi connectivity index (χ1) is 11.5.